The smallest absolute Gasteiger partial charge is 0.0676 e. The number of nitrogens with one attached hydrogen (secondary N) is 2. The van der Waals surface area contributed by atoms with Gasteiger partial charge in [0.1, 0.15) is 0 Å². The molecule has 0 aromatic heterocycles. The van der Waals surface area contributed by atoms with Gasteiger partial charge in [-0.1, -0.05) is 6.58 Å². The first-order valence-corrected chi connectivity index (χ1v) is 3.35. The van der Waals surface area contributed by atoms with Crippen LogP contribution in [0, 0.1) is 0 Å². The molecule has 0 rings (SSSR count). The van der Waals surface area contributed by atoms with Gasteiger partial charge < -0.3 is 15.4 Å². The van der Waals surface area contributed by atoms with Crippen molar-refractivity contribution in [1.82, 2.24) is 10.6 Å². The van der Waals surface area contributed by atoms with Gasteiger partial charge in [0, 0.05) is 13.7 Å². The molecule has 3 nitrogen and oxygen atoms in total. The first-order valence-electron chi connectivity index (χ1n) is 3.35. The van der Waals surface area contributed by atoms with Crippen molar-refractivity contribution in [3.8, 4) is 0 Å². The van der Waals surface area contributed by atoms with E-state index in [-0.39, 0.29) is 0 Å². The van der Waals surface area contributed by atoms with Gasteiger partial charge in [0.15, 0.2) is 0 Å². The lowest BCUT2D eigenvalue weighted by molar-refractivity contribution is 0.171. The molecule has 0 saturated carbocycles. The van der Waals surface area contributed by atoms with Gasteiger partial charge in [-0.15, -0.1) is 0 Å². The highest BCUT2D eigenvalue weighted by Crippen LogP contribution is 1.81. The zero-order valence-electron chi connectivity index (χ0n) is 6.68. The molecule has 0 radical (unpaired) electrons. The molecule has 0 aromatic carbocycles. The average Bonchev–Trinajstić information content (AvgIpc) is 1.90. The van der Waals surface area contributed by atoms with E-state index in [1.807, 2.05) is 7.05 Å². The minimum atomic E-state index is 0.326. The molecule has 0 aliphatic rings. The van der Waals surface area contributed by atoms with Crippen LogP contribution in [0.25, 0.3) is 0 Å². The van der Waals surface area contributed by atoms with Crippen LogP contribution >= 0.6 is 0 Å². The van der Waals surface area contributed by atoms with Crippen LogP contribution in [0.1, 0.15) is 0 Å². The van der Waals surface area contributed by atoms with Crippen LogP contribution in [-0.2, 0) is 4.74 Å². The van der Waals surface area contributed by atoms with E-state index in [0.717, 1.165) is 6.54 Å². The zero-order valence-corrected chi connectivity index (χ0v) is 6.68. The molecule has 1 atom stereocenters. The third-order valence-electron chi connectivity index (χ3n) is 1.17. The van der Waals surface area contributed by atoms with E-state index in [9.17, 15) is 0 Å². The molecular formula is C7H16N2O. The number of hydrogen-bond donors (Lipinski definition) is 2. The number of ether oxygens (including phenoxy) is 1. The maximum atomic E-state index is 4.96. The summed E-state index contributed by atoms with van der Waals surface area (Å²) in [5, 5.41) is 6.11. The summed E-state index contributed by atoms with van der Waals surface area (Å²) in [5.41, 5.74) is 0. The first kappa shape index (κ1) is 9.46. The molecule has 0 fully saturated rings. The molecule has 0 heterocycles. The monoisotopic (exact) mass is 144 g/mol. The summed E-state index contributed by atoms with van der Waals surface area (Å²) < 4.78 is 4.96. The van der Waals surface area contributed by atoms with Crippen LogP contribution in [0.4, 0.5) is 0 Å². The molecule has 0 bridgehead atoms. The van der Waals surface area contributed by atoms with E-state index in [4.69, 9.17) is 4.74 Å². The topological polar surface area (TPSA) is 33.3 Å². The van der Waals surface area contributed by atoms with Gasteiger partial charge in [-0.2, -0.15) is 0 Å². The van der Waals surface area contributed by atoms with Gasteiger partial charge in [-0.3, -0.25) is 0 Å². The van der Waals surface area contributed by atoms with Crippen molar-refractivity contribution in [2.24, 2.45) is 0 Å². The SMILES string of the molecule is C=CNC(CNC)COC. The Labute approximate surface area is 62.5 Å². The summed E-state index contributed by atoms with van der Waals surface area (Å²) >= 11 is 0. The molecule has 3 heteroatoms. The van der Waals surface area contributed by atoms with Gasteiger partial charge in [-0.05, 0) is 13.2 Å². The van der Waals surface area contributed by atoms with Crippen molar-refractivity contribution in [3.63, 3.8) is 0 Å². The molecule has 60 valence electrons. The lowest BCUT2D eigenvalue weighted by Gasteiger charge is -2.14. The molecule has 0 spiro atoms. The number of methoxy groups -OCH3 is 1. The predicted octanol–water partition coefficient (Wildman–Crippen LogP) is -0.0461. The Hall–Kier alpha value is -0.540. The molecule has 0 aromatic rings. The molecule has 1 unspecified atom stereocenters. The van der Waals surface area contributed by atoms with Crippen LogP contribution in [0.15, 0.2) is 12.8 Å². The van der Waals surface area contributed by atoms with Gasteiger partial charge in [0.05, 0.1) is 12.6 Å². The van der Waals surface area contributed by atoms with Crippen molar-refractivity contribution >= 4 is 0 Å². The van der Waals surface area contributed by atoms with Crippen molar-refractivity contribution in [1.29, 1.82) is 0 Å². The molecular weight excluding hydrogens is 128 g/mol. The van der Waals surface area contributed by atoms with Gasteiger partial charge in [-0.25, -0.2) is 0 Å². The highest BCUT2D eigenvalue weighted by atomic mass is 16.5. The van der Waals surface area contributed by atoms with Crippen LogP contribution < -0.4 is 10.6 Å². The Morgan fingerprint density at radius 3 is 2.80 bits per heavy atom. The number of likely N-dealkylation sites (N-methyl/N-ethyl adjacent to an activating group) is 1. The fraction of sp³-hybridized carbons (Fsp3) is 0.714. The Bertz CT molecular complexity index is 79.7. The molecule has 0 saturated heterocycles. The molecule has 0 aliphatic carbocycles. The Morgan fingerprint density at radius 1 is 1.70 bits per heavy atom. The standard InChI is InChI=1S/C7H16N2O/c1-4-9-7(5-8-2)6-10-3/h4,7-9H,1,5-6H2,2-3H3. The van der Waals surface area contributed by atoms with E-state index in [1.54, 1.807) is 13.3 Å². The Kier molecular flexibility index (Phi) is 6.22. The van der Waals surface area contributed by atoms with Gasteiger partial charge in [0.25, 0.3) is 0 Å². The van der Waals surface area contributed by atoms with Crippen molar-refractivity contribution in [2.45, 2.75) is 6.04 Å². The summed E-state index contributed by atoms with van der Waals surface area (Å²) in [6.07, 6.45) is 1.68. The normalized spacial score (nSPS) is 12.6. The van der Waals surface area contributed by atoms with E-state index in [0.29, 0.717) is 12.6 Å². The van der Waals surface area contributed by atoms with E-state index < -0.39 is 0 Å². The fourth-order valence-electron chi connectivity index (χ4n) is 0.780. The predicted molar refractivity (Wildman–Crippen MR) is 42.9 cm³/mol. The van der Waals surface area contributed by atoms with Crippen LogP contribution in [-0.4, -0.2) is 33.4 Å². The van der Waals surface area contributed by atoms with Crippen molar-refractivity contribution in [3.05, 3.63) is 12.8 Å². The fourth-order valence-corrected chi connectivity index (χ4v) is 0.780. The Balaban J connectivity index is 3.38. The summed E-state index contributed by atoms with van der Waals surface area (Å²) in [4.78, 5) is 0. The largest absolute Gasteiger partial charge is 0.385 e. The third kappa shape index (κ3) is 4.35. The second kappa shape index (κ2) is 6.58. The third-order valence-corrected chi connectivity index (χ3v) is 1.17. The first-order chi connectivity index (χ1) is 4.85. The summed E-state index contributed by atoms with van der Waals surface area (Å²) in [6.45, 7) is 5.16. The maximum Gasteiger partial charge on any atom is 0.0676 e. The van der Waals surface area contributed by atoms with Crippen LogP contribution in [0.3, 0.4) is 0 Å². The maximum absolute atomic E-state index is 4.96. The Morgan fingerprint density at radius 2 is 2.40 bits per heavy atom. The van der Waals surface area contributed by atoms with E-state index >= 15 is 0 Å². The second-order valence-electron chi connectivity index (χ2n) is 2.08. The van der Waals surface area contributed by atoms with Crippen molar-refractivity contribution in [2.75, 3.05) is 27.3 Å². The lowest BCUT2D eigenvalue weighted by atomic mass is 10.3. The molecule has 10 heavy (non-hydrogen) atoms. The summed E-state index contributed by atoms with van der Waals surface area (Å²) in [5.74, 6) is 0. The minimum Gasteiger partial charge on any atom is -0.385 e. The van der Waals surface area contributed by atoms with E-state index in [2.05, 4.69) is 17.2 Å². The van der Waals surface area contributed by atoms with Gasteiger partial charge in [0.2, 0.25) is 0 Å². The molecule has 0 amide bonds. The van der Waals surface area contributed by atoms with Crippen LogP contribution in [0.2, 0.25) is 0 Å². The quantitative estimate of drug-likeness (QED) is 0.548. The highest BCUT2D eigenvalue weighted by Gasteiger charge is 2.01. The summed E-state index contributed by atoms with van der Waals surface area (Å²) in [7, 11) is 3.60. The lowest BCUT2D eigenvalue weighted by Crippen LogP contribution is -2.37. The molecule has 2 N–H and O–H groups in total. The summed E-state index contributed by atoms with van der Waals surface area (Å²) in [6, 6.07) is 0.326. The molecule has 0 aliphatic heterocycles. The highest BCUT2D eigenvalue weighted by molar-refractivity contribution is 4.74. The zero-order chi connectivity index (χ0) is 7.82. The second-order valence-corrected chi connectivity index (χ2v) is 2.08. The van der Waals surface area contributed by atoms with Crippen molar-refractivity contribution < 1.29 is 4.74 Å². The number of hydrogen-bond acceptors (Lipinski definition) is 3. The number of rotatable bonds is 6. The van der Waals surface area contributed by atoms with E-state index in [1.165, 1.54) is 0 Å². The average molecular weight is 144 g/mol. The minimum absolute atomic E-state index is 0.326. The van der Waals surface area contributed by atoms with Crippen LogP contribution in [0.5, 0.6) is 0 Å². The van der Waals surface area contributed by atoms with Gasteiger partial charge >= 0.3 is 0 Å².